The van der Waals surface area contributed by atoms with Gasteiger partial charge in [0.1, 0.15) is 0 Å². The minimum Gasteiger partial charge on any atom is -0.392 e. The topological polar surface area (TPSA) is 32.3 Å². The van der Waals surface area contributed by atoms with Crippen LogP contribution in [-0.4, -0.2) is 24.2 Å². The van der Waals surface area contributed by atoms with E-state index in [-0.39, 0.29) is 0 Å². The van der Waals surface area contributed by atoms with Crippen LogP contribution in [0.4, 0.5) is 0 Å². The maximum Gasteiger partial charge on any atom is 0.0676 e. The van der Waals surface area contributed by atoms with Crippen molar-refractivity contribution in [2.45, 2.75) is 12.5 Å². The monoisotopic (exact) mass is 94.1 g/mol. The highest BCUT2D eigenvalue weighted by molar-refractivity contribution is 4.67. The average Bonchev–Trinajstić information content (AvgIpc) is 1.88. The van der Waals surface area contributed by atoms with E-state index in [1.165, 1.54) is 0 Å². The molecule has 0 bridgehead atoms. The van der Waals surface area contributed by atoms with Gasteiger partial charge >= 0.3 is 0 Å². The van der Waals surface area contributed by atoms with Gasteiger partial charge in [-0.25, -0.2) is 0 Å². The molecule has 36 valence electrons. The highest BCUT2D eigenvalue weighted by atomic mass is 16.3. The van der Waals surface area contributed by atoms with Crippen molar-refractivity contribution >= 4 is 0 Å². The Bertz CT molecular complexity index is 213. The SMILES string of the molecule is [2H]C1([2H])NC([2H])([2H])C([2H])(O)C1([2H])[2H]. The molecule has 0 radical (unpaired) electrons. The van der Waals surface area contributed by atoms with Gasteiger partial charge in [-0.15, -0.1) is 0 Å². The van der Waals surface area contributed by atoms with Crippen molar-refractivity contribution in [1.82, 2.24) is 5.32 Å². The molecule has 2 nitrogen and oxygen atoms in total. The van der Waals surface area contributed by atoms with E-state index in [0.29, 0.717) is 0 Å². The van der Waals surface area contributed by atoms with E-state index in [0.717, 1.165) is 0 Å². The summed E-state index contributed by atoms with van der Waals surface area (Å²) in [5, 5.41) is 10.8. The van der Waals surface area contributed by atoms with Gasteiger partial charge in [-0.05, 0) is 12.9 Å². The molecule has 1 fully saturated rings. The Hall–Kier alpha value is -0.0800. The number of rotatable bonds is 0. The smallest absolute Gasteiger partial charge is 0.0676 e. The molecule has 1 rings (SSSR count). The summed E-state index contributed by atoms with van der Waals surface area (Å²) >= 11 is 0. The molecule has 1 atom stereocenters. The first kappa shape index (κ1) is 0.858. The van der Waals surface area contributed by atoms with E-state index in [1.807, 2.05) is 0 Å². The third-order valence-corrected chi connectivity index (χ3v) is 0.424. The molecule has 0 aliphatic carbocycles. The van der Waals surface area contributed by atoms with Crippen LogP contribution in [0.2, 0.25) is 0 Å². The first-order valence-corrected chi connectivity index (χ1v) is 1.47. The number of aliphatic hydroxyl groups is 1. The molecule has 1 unspecified atom stereocenters. The lowest BCUT2D eigenvalue weighted by atomic mass is 10.3. The third-order valence-electron chi connectivity index (χ3n) is 0.424. The Kier molecular flexibility index (Phi) is 0.226. The summed E-state index contributed by atoms with van der Waals surface area (Å²) < 4.78 is 49.4. The van der Waals surface area contributed by atoms with Crippen LogP contribution in [0.15, 0.2) is 0 Å². The minimum absolute atomic E-state index is 1.60. The summed E-state index contributed by atoms with van der Waals surface area (Å²) in [5.74, 6) is 0. The van der Waals surface area contributed by atoms with Gasteiger partial charge in [0.15, 0.2) is 0 Å². The van der Waals surface area contributed by atoms with E-state index in [9.17, 15) is 5.11 Å². The van der Waals surface area contributed by atoms with Crippen molar-refractivity contribution in [3.8, 4) is 0 Å². The van der Waals surface area contributed by atoms with Crippen LogP contribution < -0.4 is 5.32 Å². The summed E-state index contributed by atoms with van der Waals surface area (Å²) in [7, 11) is 0. The van der Waals surface area contributed by atoms with Gasteiger partial charge in [0.05, 0.1) is 7.45 Å². The maximum atomic E-state index is 9.20. The molecular formula is C4H9NO. The van der Waals surface area contributed by atoms with Gasteiger partial charge in [-0.2, -0.15) is 0 Å². The lowest BCUT2D eigenvalue weighted by Crippen LogP contribution is -2.11. The zero-order valence-corrected chi connectivity index (χ0v) is 2.95. The van der Waals surface area contributed by atoms with Gasteiger partial charge in [-0.3, -0.25) is 0 Å². The first-order chi connectivity index (χ1) is 5.46. The molecule has 6 heavy (non-hydrogen) atoms. The maximum absolute atomic E-state index is 9.20. The Morgan fingerprint density at radius 1 is 2.17 bits per heavy atom. The molecule has 2 heteroatoms. The first-order valence-electron chi connectivity index (χ1n) is 4.97. The van der Waals surface area contributed by atoms with Crippen molar-refractivity contribution in [2.75, 3.05) is 13.0 Å². The average molecular weight is 94.2 g/mol. The highest BCUT2D eigenvalue weighted by Crippen LogP contribution is 1.93. The summed E-state index contributed by atoms with van der Waals surface area (Å²) in [6.07, 6.45) is -6.16. The molecule has 1 saturated heterocycles. The largest absolute Gasteiger partial charge is 0.392 e. The summed E-state index contributed by atoms with van der Waals surface area (Å²) in [6, 6.07) is 0. The minimum atomic E-state index is -3.15. The van der Waals surface area contributed by atoms with Gasteiger partial charge in [0, 0.05) is 14.7 Å². The molecule has 0 aromatic heterocycles. The van der Waals surface area contributed by atoms with E-state index in [2.05, 4.69) is 0 Å². The van der Waals surface area contributed by atoms with E-state index < -0.39 is 25.4 Å². The normalized spacial score (nSPS) is 89.2. The fourth-order valence-electron chi connectivity index (χ4n) is 0.212. The number of hydrogen-bond acceptors (Lipinski definition) is 2. The Morgan fingerprint density at radius 2 is 3.00 bits per heavy atom. The van der Waals surface area contributed by atoms with Crippen molar-refractivity contribution in [3.05, 3.63) is 0 Å². The molecule has 0 amide bonds. The Labute approximate surface area is 47.0 Å². The van der Waals surface area contributed by atoms with Crippen LogP contribution in [0.25, 0.3) is 0 Å². The summed E-state index contributed by atoms with van der Waals surface area (Å²) in [4.78, 5) is 0. The predicted octanol–water partition coefficient (Wildman–Crippen LogP) is -0.659. The molecule has 0 aromatic rings. The molecule has 2 N–H and O–H groups in total. The van der Waals surface area contributed by atoms with Crippen LogP contribution in [0.3, 0.4) is 0 Å². The molecule has 0 aromatic carbocycles. The number of hydrogen-bond donors (Lipinski definition) is 2. The van der Waals surface area contributed by atoms with Crippen molar-refractivity contribution in [2.24, 2.45) is 0 Å². The van der Waals surface area contributed by atoms with Crippen LogP contribution in [0.1, 0.15) is 16.0 Å². The lowest BCUT2D eigenvalue weighted by molar-refractivity contribution is 0.196. The molecule has 1 aliphatic heterocycles. The highest BCUT2D eigenvalue weighted by Gasteiger charge is 2.08. The van der Waals surface area contributed by atoms with Crippen LogP contribution in [0, 0.1) is 0 Å². The molecule has 1 aliphatic rings. The molecular weight excluding hydrogens is 78.0 g/mol. The van der Waals surface area contributed by atoms with Crippen molar-refractivity contribution in [1.29, 1.82) is 0 Å². The summed E-state index contributed by atoms with van der Waals surface area (Å²) in [6.45, 7) is -5.59. The number of nitrogens with one attached hydrogen (secondary N) is 1. The second-order valence-electron chi connectivity index (χ2n) is 0.849. The second kappa shape index (κ2) is 1.58. The van der Waals surface area contributed by atoms with Gasteiger partial charge < -0.3 is 10.4 Å². The van der Waals surface area contributed by atoms with Gasteiger partial charge in [0.25, 0.3) is 0 Å². The summed E-state index contributed by atoms with van der Waals surface area (Å²) in [5.41, 5.74) is 0. The Balaban J connectivity index is 3.24. The third kappa shape index (κ3) is 0.698. The Morgan fingerprint density at radius 3 is 3.17 bits per heavy atom. The van der Waals surface area contributed by atoms with Crippen LogP contribution in [0.5, 0.6) is 0 Å². The van der Waals surface area contributed by atoms with Crippen molar-refractivity contribution < 1.29 is 14.7 Å². The van der Waals surface area contributed by atoms with E-state index in [1.54, 1.807) is 5.32 Å². The predicted molar refractivity (Wildman–Crippen MR) is 23.5 cm³/mol. The zero-order valence-electron chi connectivity index (χ0n) is 9.95. The quantitative estimate of drug-likeness (QED) is 0.417. The standard InChI is InChI=1S/C4H9NO/c6-4-1-2-5-3-4/h4-6H,1-3H2/i1D2,2D2,3D2,4D. The van der Waals surface area contributed by atoms with E-state index in [4.69, 9.17) is 9.60 Å². The lowest BCUT2D eigenvalue weighted by Gasteiger charge is -1.90. The van der Waals surface area contributed by atoms with E-state index >= 15 is 0 Å². The van der Waals surface area contributed by atoms with Crippen molar-refractivity contribution in [3.63, 3.8) is 0 Å². The van der Waals surface area contributed by atoms with Gasteiger partial charge in [-0.1, -0.05) is 0 Å². The van der Waals surface area contributed by atoms with Gasteiger partial charge in [0.2, 0.25) is 0 Å². The molecule has 1 heterocycles. The second-order valence-corrected chi connectivity index (χ2v) is 0.849. The fourth-order valence-corrected chi connectivity index (χ4v) is 0.212. The fraction of sp³-hybridized carbons (Fsp3) is 1.00. The van der Waals surface area contributed by atoms with Crippen LogP contribution >= 0.6 is 0 Å². The molecule has 0 saturated carbocycles. The molecule has 0 spiro atoms. The number of β-amino-alcohol motifs (C(OH)–C–C–N with tert-alkyl or cyclic N) is 1. The van der Waals surface area contributed by atoms with Crippen LogP contribution in [-0.2, 0) is 0 Å². The zero-order chi connectivity index (χ0) is 10.7.